The minimum Gasteiger partial charge on any atom is -0.290 e. The minimum absolute atomic E-state index is 1.13. The molecule has 4 nitrogen and oxygen atoms in total. The Morgan fingerprint density at radius 1 is 1.25 bits per heavy atom. The fraction of sp³-hybridized carbons (Fsp3) is 0. The monoisotopic (exact) mass is 162 g/mol. The molecular formula is C8H10N4. The highest BCUT2D eigenvalue weighted by atomic mass is 15.8. The third-order valence-electron chi connectivity index (χ3n) is 1.76. The van der Waals surface area contributed by atoms with E-state index in [1.165, 1.54) is 0 Å². The maximum absolute atomic E-state index is 5.22. The van der Waals surface area contributed by atoms with Crippen molar-refractivity contribution in [1.82, 2.24) is 16.1 Å². The normalized spacial score (nSPS) is 13.9. The van der Waals surface area contributed by atoms with Gasteiger partial charge >= 0.3 is 0 Å². The van der Waals surface area contributed by atoms with Crippen LogP contribution in [0.4, 0.5) is 0 Å². The van der Waals surface area contributed by atoms with Crippen molar-refractivity contribution in [3.8, 4) is 0 Å². The third kappa shape index (κ3) is 1.13. The summed E-state index contributed by atoms with van der Waals surface area (Å²) in [6.45, 7) is 0. The van der Waals surface area contributed by atoms with Gasteiger partial charge in [-0.15, -0.1) is 0 Å². The summed E-state index contributed by atoms with van der Waals surface area (Å²) in [4.78, 5) is 0. The second kappa shape index (κ2) is 2.84. The Labute approximate surface area is 69.9 Å². The van der Waals surface area contributed by atoms with Gasteiger partial charge in [0.15, 0.2) is 0 Å². The van der Waals surface area contributed by atoms with Gasteiger partial charge in [0.05, 0.1) is 0 Å². The first-order chi connectivity index (χ1) is 5.90. The van der Waals surface area contributed by atoms with Crippen LogP contribution in [-0.2, 0) is 0 Å². The zero-order valence-corrected chi connectivity index (χ0v) is 6.49. The molecule has 4 heteroatoms. The van der Waals surface area contributed by atoms with Crippen molar-refractivity contribution in [2.45, 2.75) is 0 Å². The first kappa shape index (κ1) is 7.15. The molecule has 1 heterocycles. The first-order valence-electron chi connectivity index (χ1n) is 3.69. The molecule has 62 valence electrons. The maximum atomic E-state index is 5.22. The van der Waals surface area contributed by atoms with Crippen LogP contribution in [0.1, 0.15) is 0 Å². The van der Waals surface area contributed by atoms with Crippen molar-refractivity contribution in [3.63, 3.8) is 0 Å². The molecule has 1 aromatic rings. The van der Waals surface area contributed by atoms with E-state index in [9.17, 15) is 0 Å². The molecule has 0 aromatic heterocycles. The predicted octanol–water partition coefficient (Wildman–Crippen LogP) is -1.64. The molecule has 0 radical (unpaired) electrons. The topological polar surface area (TPSA) is 53.3 Å². The molecule has 0 aliphatic carbocycles. The van der Waals surface area contributed by atoms with Crippen LogP contribution in [0.2, 0.25) is 0 Å². The molecule has 0 saturated heterocycles. The summed E-state index contributed by atoms with van der Waals surface area (Å²) in [5.74, 6) is 5.22. The van der Waals surface area contributed by atoms with Gasteiger partial charge < -0.3 is 0 Å². The molecule has 2 rings (SSSR count). The Balaban J connectivity index is 2.56. The van der Waals surface area contributed by atoms with Gasteiger partial charge in [0.1, 0.15) is 0 Å². The lowest BCUT2D eigenvalue weighted by Crippen LogP contribution is -2.51. The van der Waals surface area contributed by atoms with Gasteiger partial charge in [-0.05, 0) is 0 Å². The highest BCUT2D eigenvalue weighted by Crippen LogP contribution is 1.80. The largest absolute Gasteiger partial charge is 0.290 e. The Bertz CT molecular complexity index is 384. The van der Waals surface area contributed by atoms with Crippen molar-refractivity contribution in [1.29, 1.82) is 0 Å². The number of nitrogens with one attached hydrogen (secondary N) is 2. The fourth-order valence-corrected chi connectivity index (χ4v) is 1.15. The van der Waals surface area contributed by atoms with Crippen LogP contribution in [0.5, 0.6) is 0 Å². The van der Waals surface area contributed by atoms with Crippen molar-refractivity contribution in [3.05, 3.63) is 34.7 Å². The van der Waals surface area contributed by atoms with Gasteiger partial charge in [-0.3, -0.25) is 11.3 Å². The third-order valence-corrected chi connectivity index (χ3v) is 1.76. The van der Waals surface area contributed by atoms with Crippen molar-refractivity contribution in [2.24, 2.45) is 5.84 Å². The number of nitrogens with two attached hydrogens (primary N) is 1. The molecule has 0 unspecified atom stereocenters. The van der Waals surface area contributed by atoms with Crippen LogP contribution >= 0.6 is 0 Å². The van der Waals surface area contributed by atoms with E-state index in [-0.39, 0.29) is 0 Å². The molecule has 1 aliphatic heterocycles. The van der Waals surface area contributed by atoms with Crippen molar-refractivity contribution >= 4 is 12.4 Å². The SMILES string of the molecule is NNN1C=c2ccccc2=CN1. The molecule has 0 atom stereocenters. The summed E-state index contributed by atoms with van der Waals surface area (Å²) in [5, 5.41) is 3.88. The molecule has 12 heavy (non-hydrogen) atoms. The zero-order chi connectivity index (χ0) is 8.39. The van der Waals surface area contributed by atoms with E-state index in [4.69, 9.17) is 5.84 Å². The van der Waals surface area contributed by atoms with Gasteiger partial charge in [-0.2, -0.15) is 5.53 Å². The van der Waals surface area contributed by atoms with Gasteiger partial charge in [0.25, 0.3) is 0 Å². The van der Waals surface area contributed by atoms with E-state index in [2.05, 4.69) is 11.0 Å². The molecule has 1 aliphatic rings. The number of benzene rings is 1. The van der Waals surface area contributed by atoms with E-state index in [1.54, 1.807) is 5.12 Å². The number of hydrazine groups is 3. The summed E-state index contributed by atoms with van der Waals surface area (Å²) >= 11 is 0. The predicted molar refractivity (Wildman–Crippen MR) is 46.9 cm³/mol. The Hall–Kier alpha value is -1.52. The average molecular weight is 162 g/mol. The van der Waals surface area contributed by atoms with Gasteiger partial charge in [-0.25, -0.2) is 5.12 Å². The minimum atomic E-state index is 1.13. The summed E-state index contributed by atoms with van der Waals surface area (Å²) in [6.07, 6.45) is 3.77. The molecule has 0 saturated carbocycles. The second-order valence-electron chi connectivity index (χ2n) is 2.53. The summed E-state index contributed by atoms with van der Waals surface area (Å²) in [7, 11) is 0. The van der Waals surface area contributed by atoms with Gasteiger partial charge in [-0.1, -0.05) is 24.3 Å². The number of hydrogen-bond acceptors (Lipinski definition) is 4. The van der Waals surface area contributed by atoms with Crippen molar-refractivity contribution in [2.75, 3.05) is 0 Å². The van der Waals surface area contributed by atoms with Crippen molar-refractivity contribution < 1.29 is 0 Å². The first-order valence-corrected chi connectivity index (χ1v) is 3.69. The molecule has 4 N–H and O–H groups in total. The fourth-order valence-electron chi connectivity index (χ4n) is 1.15. The van der Waals surface area contributed by atoms with E-state index >= 15 is 0 Å². The van der Waals surface area contributed by atoms with E-state index < -0.39 is 0 Å². The van der Waals surface area contributed by atoms with Crippen LogP contribution in [0.25, 0.3) is 12.4 Å². The highest BCUT2D eigenvalue weighted by molar-refractivity contribution is 5.33. The Morgan fingerprint density at radius 3 is 2.75 bits per heavy atom. The zero-order valence-electron chi connectivity index (χ0n) is 6.49. The van der Waals surface area contributed by atoms with Crippen LogP contribution in [-0.4, -0.2) is 5.12 Å². The standard InChI is InChI=1S/C8H10N4/c9-11-12-6-8-4-2-1-3-7(8)5-10-12/h1-6,10-11H,9H2. The lowest BCUT2D eigenvalue weighted by Gasteiger charge is -2.20. The lowest BCUT2D eigenvalue weighted by molar-refractivity contribution is 0.261. The van der Waals surface area contributed by atoms with Crippen LogP contribution < -0.4 is 27.2 Å². The van der Waals surface area contributed by atoms with Crippen LogP contribution in [0.15, 0.2) is 24.3 Å². The number of rotatable bonds is 1. The van der Waals surface area contributed by atoms with E-state index in [1.807, 2.05) is 36.7 Å². The summed E-state index contributed by atoms with van der Waals surface area (Å²) in [5.41, 5.74) is 5.42. The Kier molecular flexibility index (Phi) is 1.69. The van der Waals surface area contributed by atoms with Crippen LogP contribution in [0, 0.1) is 0 Å². The smallest absolute Gasteiger partial charge is 0.0488 e. The highest BCUT2D eigenvalue weighted by Gasteiger charge is 1.96. The summed E-state index contributed by atoms with van der Waals surface area (Å²) in [6, 6.07) is 8.04. The second-order valence-corrected chi connectivity index (χ2v) is 2.53. The van der Waals surface area contributed by atoms with E-state index in [0.717, 1.165) is 10.4 Å². The van der Waals surface area contributed by atoms with Gasteiger partial charge in [0, 0.05) is 22.8 Å². The number of fused-ring (bicyclic) bond motifs is 1. The molecule has 1 aromatic carbocycles. The van der Waals surface area contributed by atoms with E-state index in [0.29, 0.717) is 0 Å². The average Bonchev–Trinajstić information content (AvgIpc) is 2.17. The molecular weight excluding hydrogens is 152 g/mol. The molecule has 0 fully saturated rings. The molecule has 0 amide bonds. The van der Waals surface area contributed by atoms with Gasteiger partial charge in [0.2, 0.25) is 0 Å². The number of nitrogens with zero attached hydrogens (tertiary/aromatic N) is 1. The molecule has 0 spiro atoms. The quantitative estimate of drug-likeness (QED) is 0.342. The lowest BCUT2D eigenvalue weighted by atomic mass is 10.2. The summed E-state index contributed by atoms with van der Waals surface area (Å²) < 4.78 is 0. The number of hydrogen-bond donors (Lipinski definition) is 3. The maximum Gasteiger partial charge on any atom is 0.0488 e. The van der Waals surface area contributed by atoms with Crippen LogP contribution in [0.3, 0.4) is 0 Å². The molecule has 0 bridgehead atoms. The Morgan fingerprint density at radius 2 is 2.00 bits per heavy atom.